The first-order valence-electron chi connectivity index (χ1n) is 4.40. The van der Waals surface area contributed by atoms with Crippen molar-refractivity contribution in [3.8, 4) is 0 Å². The molecule has 3 heteroatoms. The smallest absolute Gasteiger partial charge is 0.127 e. The third-order valence-electron chi connectivity index (χ3n) is 2.34. The highest BCUT2D eigenvalue weighted by atomic mass is 16.5. The van der Waals surface area contributed by atoms with Crippen LogP contribution in [-0.2, 0) is 4.74 Å². The van der Waals surface area contributed by atoms with Crippen molar-refractivity contribution in [1.82, 2.24) is 0 Å². The van der Waals surface area contributed by atoms with Crippen LogP contribution in [0.15, 0.2) is 35.6 Å². The Morgan fingerprint density at radius 2 is 2.31 bits per heavy atom. The third-order valence-corrected chi connectivity index (χ3v) is 2.34. The molecule has 3 nitrogen and oxygen atoms in total. The summed E-state index contributed by atoms with van der Waals surface area (Å²) < 4.78 is 5.45. The van der Waals surface area contributed by atoms with Crippen LogP contribution in [0.2, 0.25) is 0 Å². The van der Waals surface area contributed by atoms with Gasteiger partial charge in [-0.3, -0.25) is 0 Å². The van der Waals surface area contributed by atoms with E-state index in [-0.39, 0.29) is 18.6 Å². The number of rotatable bonds is 2. The van der Waals surface area contributed by atoms with Crippen molar-refractivity contribution in [2.24, 2.45) is 11.7 Å². The Hall–Kier alpha value is -1.06. The zero-order valence-electron chi connectivity index (χ0n) is 7.31. The fourth-order valence-electron chi connectivity index (χ4n) is 1.66. The molecule has 1 heterocycles. The van der Waals surface area contributed by atoms with Gasteiger partial charge >= 0.3 is 0 Å². The van der Waals surface area contributed by atoms with Crippen LogP contribution in [0.25, 0.3) is 0 Å². The van der Waals surface area contributed by atoms with Gasteiger partial charge in [0.2, 0.25) is 0 Å². The minimum absolute atomic E-state index is 0.0212. The maximum atomic E-state index is 8.87. The first-order chi connectivity index (χ1) is 6.33. The number of aliphatic hydroxyl groups is 1. The molecule has 3 N–H and O–H groups in total. The van der Waals surface area contributed by atoms with E-state index in [1.807, 2.05) is 18.2 Å². The van der Waals surface area contributed by atoms with Crippen LogP contribution in [0.5, 0.6) is 0 Å². The van der Waals surface area contributed by atoms with Gasteiger partial charge in [-0.05, 0) is 17.7 Å². The van der Waals surface area contributed by atoms with E-state index in [2.05, 4.69) is 6.08 Å². The quantitative estimate of drug-likeness (QED) is 0.642. The average molecular weight is 179 g/mol. The molecule has 0 aromatic carbocycles. The Morgan fingerprint density at radius 1 is 1.46 bits per heavy atom. The number of nitrogens with two attached hydrogens (primary N) is 1. The van der Waals surface area contributed by atoms with E-state index in [4.69, 9.17) is 15.6 Å². The van der Waals surface area contributed by atoms with Crippen molar-refractivity contribution < 1.29 is 9.84 Å². The summed E-state index contributed by atoms with van der Waals surface area (Å²) in [6.45, 7) is 0.536. The van der Waals surface area contributed by atoms with Crippen LogP contribution in [-0.4, -0.2) is 24.4 Å². The van der Waals surface area contributed by atoms with Gasteiger partial charge < -0.3 is 15.6 Å². The van der Waals surface area contributed by atoms with Gasteiger partial charge in [0.15, 0.2) is 0 Å². The van der Waals surface area contributed by atoms with Gasteiger partial charge in [0.05, 0.1) is 0 Å². The summed E-state index contributed by atoms with van der Waals surface area (Å²) in [5.41, 5.74) is 6.65. The lowest BCUT2D eigenvalue weighted by molar-refractivity contribution is 0.130. The lowest BCUT2D eigenvalue weighted by atomic mass is 9.94. The van der Waals surface area contributed by atoms with E-state index in [1.54, 1.807) is 0 Å². The molecule has 0 fully saturated rings. The van der Waals surface area contributed by atoms with Crippen LogP contribution < -0.4 is 5.73 Å². The normalized spacial score (nSPS) is 30.6. The monoisotopic (exact) mass is 179 g/mol. The zero-order valence-corrected chi connectivity index (χ0v) is 7.31. The molecule has 0 amide bonds. The van der Waals surface area contributed by atoms with Gasteiger partial charge in [-0.25, -0.2) is 0 Å². The molecule has 0 aromatic rings. The highest BCUT2D eigenvalue weighted by molar-refractivity contribution is 5.32. The summed E-state index contributed by atoms with van der Waals surface area (Å²) in [7, 11) is 0. The lowest BCUT2D eigenvalue weighted by Gasteiger charge is -2.17. The summed E-state index contributed by atoms with van der Waals surface area (Å²) in [5.74, 6) is 0.917. The summed E-state index contributed by atoms with van der Waals surface area (Å²) in [6, 6.07) is 0. The maximum absolute atomic E-state index is 8.87. The van der Waals surface area contributed by atoms with Crippen molar-refractivity contribution in [2.45, 2.75) is 6.10 Å². The van der Waals surface area contributed by atoms with Crippen LogP contribution in [0.4, 0.5) is 0 Å². The van der Waals surface area contributed by atoms with Gasteiger partial charge in [0.25, 0.3) is 0 Å². The van der Waals surface area contributed by atoms with E-state index >= 15 is 0 Å². The highest BCUT2D eigenvalue weighted by Crippen LogP contribution is 2.29. The van der Waals surface area contributed by atoms with Crippen molar-refractivity contribution in [2.75, 3.05) is 13.2 Å². The number of hydrogen-bond acceptors (Lipinski definition) is 3. The number of hydrogen-bond donors (Lipinski definition) is 2. The van der Waals surface area contributed by atoms with E-state index < -0.39 is 0 Å². The molecule has 2 rings (SSSR count). The van der Waals surface area contributed by atoms with Crippen molar-refractivity contribution in [3.05, 3.63) is 35.6 Å². The predicted molar refractivity (Wildman–Crippen MR) is 49.8 cm³/mol. The summed E-state index contributed by atoms with van der Waals surface area (Å²) in [4.78, 5) is 0. The Labute approximate surface area is 77.2 Å². The lowest BCUT2D eigenvalue weighted by Crippen LogP contribution is -2.17. The molecule has 0 spiro atoms. The van der Waals surface area contributed by atoms with Crippen molar-refractivity contribution in [3.63, 3.8) is 0 Å². The van der Waals surface area contributed by atoms with Gasteiger partial charge in [0, 0.05) is 12.5 Å². The first-order valence-corrected chi connectivity index (χ1v) is 4.40. The molecule has 0 radical (unpaired) electrons. The average Bonchev–Trinajstić information content (AvgIpc) is 2.58. The third kappa shape index (κ3) is 1.53. The summed E-state index contributed by atoms with van der Waals surface area (Å²) in [5, 5.41) is 8.87. The molecule has 2 aliphatic rings. The molecule has 2 atom stereocenters. The van der Waals surface area contributed by atoms with Gasteiger partial charge in [-0.1, -0.05) is 12.2 Å². The fraction of sp³-hybridized carbons (Fsp3) is 0.400. The van der Waals surface area contributed by atoms with Crippen LogP contribution >= 0.6 is 0 Å². The second kappa shape index (κ2) is 3.36. The molecule has 0 aromatic heterocycles. The summed E-state index contributed by atoms with van der Waals surface area (Å²) >= 11 is 0. The van der Waals surface area contributed by atoms with Crippen molar-refractivity contribution in [1.29, 1.82) is 0 Å². The molecule has 0 saturated carbocycles. The molecule has 0 bridgehead atoms. The molecule has 70 valence electrons. The molecule has 13 heavy (non-hydrogen) atoms. The predicted octanol–water partition coefficient (Wildman–Crippen LogP) is 0.332. The topological polar surface area (TPSA) is 55.5 Å². The van der Waals surface area contributed by atoms with Crippen LogP contribution in [0.1, 0.15) is 0 Å². The second-order valence-corrected chi connectivity index (χ2v) is 3.26. The Bertz CT molecular complexity index is 291. The van der Waals surface area contributed by atoms with Crippen molar-refractivity contribution >= 4 is 0 Å². The molecule has 1 aliphatic heterocycles. The van der Waals surface area contributed by atoms with Crippen LogP contribution in [0.3, 0.4) is 0 Å². The Balaban J connectivity index is 2.16. The highest BCUT2D eigenvalue weighted by Gasteiger charge is 2.27. The summed E-state index contributed by atoms with van der Waals surface area (Å²) in [6.07, 6.45) is 8.08. The molecular formula is C10H13NO2. The molecule has 2 unspecified atom stereocenters. The van der Waals surface area contributed by atoms with E-state index in [0.29, 0.717) is 12.3 Å². The minimum atomic E-state index is -0.0212. The van der Waals surface area contributed by atoms with Crippen LogP contribution in [0, 0.1) is 5.92 Å². The Kier molecular flexibility index (Phi) is 2.20. The number of aliphatic hydroxyl groups excluding tert-OH is 1. The Morgan fingerprint density at radius 3 is 3.00 bits per heavy atom. The van der Waals surface area contributed by atoms with E-state index in [1.165, 1.54) is 0 Å². The standard InChI is InChI=1S/C10H13NO2/c11-5-7-1-2-10-8(3-7)4-9(6-12)13-10/h1-4,8,10,12H,5-6,11H2. The van der Waals surface area contributed by atoms with Gasteiger partial charge in [-0.15, -0.1) is 0 Å². The molecular weight excluding hydrogens is 166 g/mol. The van der Waals surface area contributed by atoms with E-state index in [9.17, 15) is 0 Å². The molecule has 0 saturated heterocycles. The minimum Gasteiger partial charge on any atom is -0.488 e. The molecule has 1 aliphatic carbocycles. The maximum Gasteiger partial charge on any atom is 0.127 e. The SMILES string of the molecule is NCC1=CC2C=C(CO)OC2C=C1. The fourth-order valence-corrected chi connectivity index (χ4v) is 1.66. The van der Waals surface area contributed by atoms with Gasteiger partial charge in [0.1, 0.15) is 18.5 Å². The first kappa shape index (κ1) is 8.53. The number of fused-ring (bicyclic) bond motifs is 1. The zero-order chi connectivity index (χ0) is 9.26. The van der Waals surface area contributed by atoms with Gasteiger partial charge in [-0.2, -0.15) is 0 Å². The largest absolute Gasteiger partial charge is 0.488 e. The second-order valence-electron chi connectivity index (χ2n) is 3.26. The van der Waals surface area contributed by atoms with E-state index in [0.717, 1.165) is 5.57 Å². The number of ether oxygens (including phenoxy) is 1.